The van der Waals surface area contributed by atoms with Crippen LogP contribution < -0.4 is 10.9 Å². The average Bonchev–Trinajstić information content (AvgIpc) is 2.72. The van der Waals surface area contributed by atoms with E-state index in [1.54, 1.807) is 24.3 Å². The van der Waals surface area contributed by atoms with Gasteiger partial charge in [-0.05, 0) is 30.7 Å². The molecule has 0 radical (unpaired) electrons. The molecule has 158 valence electrons. The summed E-state index contributed by atoms with van der Waals surface area (Å²) in [5.74, 6) is -0.673. The van der Waals surface area contributed by atoms with E-state index in [-0.39, 0.29) is 16.9 Å². The number of carbonyl (C=O) groups is 1. The summed E-state index contributed by atoms with van der Waals surface area (Å²) in [4.78, 5) is 25.6. The highest BCUT2D eigenvalue weighted by Gasteiger charge is 2.30. The summed E-state index contributed by atoms with van der Waals surface area (Å²) in [6.07, 6.45) is -0.760. The molecule has 1 aromatic heterocycles. The molecule has 3 aromatic rings. The van der Waals surface area contributed by atoms with E-state index in [9.17, 15) is 22.8 Å². The maximum Gasteiger partial charge on any atom is 0.416 e. The Morgan fingerprint density at radius 3 is 2.47 bits per heavy atom. The fourth-order valence-corrected chi connectivity index (χ4v) is 3.21. The van der Waals surface area contributed by atoms with Gasteiger partial charge in [0.15, 0.2) is 5.69 Å². The fraction of sp³-hybridized carbons (Fsp3) is 0.318. The summed E-state index contributed by atoms with van der Waals surface area (Å²) in [7, 11) is 0. The van der Waals surface area contributed by atoms with Crippen LogP contribution in [-0.4, -0.2) is 15.7 Å². The molecule has 3 rings (SSSR count). The summed E-state index contributed by atoms with van der Waals surface area (Å²) < 4.78 is 40.1. The Kier molecular flexibility index (Phi) is 6.54. The Labute approximate surface area is 171 Å². The van der Waals surface area contributed by atoms with Crippen LogP contribution in [0.2, 0.25) is 0 Å². The van der Waals surface area contributed by atoms with Gasteiger partial charge in [-0.2, -0.15) is 18.3 Å². The largest absolute Gasteiger partial charge is 0.416 e. The maximum atomic E-state index is 12.9. The van der Waals surface area contributed by atoms with Gasteiger partial charge in [0, 0.05) is 17.6 Å². The molecule has 1 heterocycles. The van der Waals surface area contributed by atoms with Crippen molar-refractivity contribution < 1.29 is 18.0 Å². The lowest BCUT2D eigenvalue weighted by Gasteiger charge is -2.12. The SMILES string of the molecule is CCCCCCn1nc(C(=O)Nc2cccc(C(F)(F)F)c2)c2ccccc2c1=O. The number of rotatable bonds is 7. The van der Waals surface area contributed by atoms with Gasteiger partial charge in [0.25, 0.3) is 11.5 Å². The van der Waals surface area contributed by atoms with Crippen LogP contribution in [0.5, 0.6) is 0 Å². The first-order valence-electron chi connectivity index (χ1n) is 9.79. The van der Waals surface area contributed by atoms with E-state index in [0.717, 1.165) is 37.8 Å². The molecular formula is C22H22F3N3O2. The third-order valence-electron chi connectivity index (χ3n) is 4.75. The van der Waals surface area contributed by atoms with E-state index in [4.69, 9.17) is 0 Å². The Bertz CT molecular complexity index is 1110. The van der Waals surface area contributed by atoms with Gasteiger partial charge < -0.3 is 5.32 Å². The predicted octanol–water partition coefficient (Wildman–Crippen LogP) is 5.25. The number of hydrogen-bond donors (Lipinski definition) is 1. The third-order valence-corrected chi connectivity index (χ3v) is 4.75. The molecule has 1 amide bonds. The van der Waals surface area contributed by atoms with Crippen LogP contribution in [0.15, 0.2) is 53.3 Å². The van der Waals surface area contributed by atoms with E-state index in [1.165, 1.54) is 16.8 Å². The van der Waals surface area contributed by atoms with E-state index < -0.39 is 17.6 Å². The fourth-order valence-electron chi connectivity index (χ4n) is 3.21. The van der Waals surface area contributed by atoms with Crippen molar-refractivity contribution in [2.24, 2.45) is 0 Å². The highest BCUT2D eigenvalue weighted by molar-refractivity contribution is 6.11. The number of anilines is 1. The number of carbonyl (C=O) groups excluding carboxylic acids is 1. The predicted molar refractivity (Wildman–Crippen MR) is 110 cm³/mol. The van der Waals surface area contributed by atoms with Gasteiger partial charge in [-0.25, -0.2) is 4.68 Å². The Hall–Kier alpha value is -3.16. The zero-order chi connectivity index (χ0) is 21.7. The van der Waals surface area contributed by atoms with Gasteiger partial charge in [-0.15, -0.1) is 0 Å². The van der Waals surface area contributed by atoms with Gasteiger partial charge in [0.05, 0.1) is 10.9 Å². The lowest BCUT2D eigenvalue weighted by atomic mass is 10.1. The van der Waals surface area contributed by atoms with Gasteiger partial charge in [0.2, 0.25) is 0 Å². The van der Waals surface area contributed by atoms with Gasteiger partial charge in [-0.3, -0.25) is 9.59 Å². The van der Waals surface area contributed by atoms with Crippen molar-refractivity contribution in [3.63, 3.8) is 0 Å². The van der Waals surface area contributed by atoms with Gasteiger partial charge in [-0.1, -0.05) is 50.5 Å². The summed E-state index contributed by atoms with van der Waals surface area (Å²) in [6.45, 7) is 2.45. The van der Waals surface area contributed by atoms with Crippen molar-refractivity contribution in [3.05, 3.63) is 70.1 Å². The molecule has 2 aromatic carbocycles. The number of halogens is 3. The van der Waals surface area contributed by atoms with Crippen LogP contribution >= 0.6 is 0 Å². The minimum absolute atomic E-state index is 0.00130. The molecule has 1 N–H and O–H groups in total. The normalized spacial score (nSPS) is 11.6. The molecular weight excluding hydrogens is 395 g/mol. The molecule has 0 unspecified atom stereocenters. The van der Waals surface area contributed by atoms with Crippen molar-refractivity contribution in [2.45, 2.75) is 45.3 Å². The van der Waals surface area contributed by atoms with Crippen molar-refractivity contribution in [2.75, 3.05) is 5.32 Å². The second kappa shape index (κ2) is 9.11. The first-order valence-corrected chi connectivity index (χ1v) is 9.79. The summed E-state index contributed by atoms with van der Waals surface area (Å²) >= 11 is 0. The molecule has 0 saturated heterocycles. The van der Waals surface area contributed by atoms with E-state index in [1.807, 2.05) is 0 Å². The number of unbranched alkanes of at least 4 members (excludes halogenated alkanes) is 3. The first kappa shape index (κ1) is 21.5. The number of nitrogens with one attached hydrogen (secondary N) is 1. The van der Waals surface area contributed by atoms with Crippen LogP contribution in [0.1, 0.15) is 48.7 Å². The lowest BCUT2D eigenvalue weighted by Crippen LogP contribution is -2.27. The molecule has 8 heteroatoms. The Morgan fingerprint density at radius 1 is 1.03 bits per heavy atom. The monoisotopic (exact) mass is 417 g/mol. The molecule has 30 heavy (non-hydrogen) atoms. The number of aryl methyl sites for hydroxylation is 1. The highest BCUT2D eigenvalue weighted by atomic mass is 19.4. The Balaban J connectivity index is 1.95. The minimum atomic E-state index is -4.52. The van der Waals surface area contributed by atoms with Crippen molar-refractivity contribution in [3.8, 4) is 0 Å². The Morgan fingerprint density at radius 2 is 1.77 bits per heavy atom. The van der Waals surface area contributed by atoms with Crippen LogP contribution in [-0.2, 0) is 12.7 Å². The molecule has 0 aliphatic carbocycles. The molecule has 0 aliphatic heterocycles. The number of amides is 1. The number of benzene rings is 2. The average molecular weight is 417 g/mol. The second-order valence-electron chi connectivity index (χ2n) is 7.02. The van der Waals surface area contributed by atoms with Crippen LogP contribution in [0.25, 0.3) is 10.8 Å². The smallest absolute Gasteiger partial charge is 0.321 e. The van der Waals surface area contributed by atoms with Crippen LogP contribution in [0.3, 0.4) is 0 Å². The standard InChI is InChI=1S/C22H22F3N3O2/c1-2-3-4-7-13-28-21(30)18-12-6-5-11-17(18)19(27-28)20(29)26-16-10-8-9-15(14-16)22(23,24)25/h5-6,8-12,14H,2-4,7,13H2,1H3,(H,26,29). The van der Waals surface area contributed by atoms with E-state index in [2.05, 4.69) is 17.3 Å². The van der Waals surface area contributed by atoms with Gasteiger partial charge in [0.1, 0.15) is 0 Å². The van der Waals surface area contributed by atoms with Crippen LogP contribution in [0.4, 0.5) is 18.9 Å². The molecule has 5 nitrogen and oxygen atoms in total. The molecule has 0 bridgehead atoms. The second-order valence-corrected chi connectivity index (χ2v) is 7.02. The minimum Gasteiger partial charge on any atom is -0.321 e. The zero-order valence-electron chi connectivity index (χ0n) is 16.5. The molecule has 0 spiro atoms. The van der Waals surface area contributed by atoms with Crippen molar-refractivity contribution in [1.29, 1.82) is 0 Å². The molecule has 0 fully saturated rings. The zero-order valence-corrected chi connectivity index (χ0v) is 16.5. The van der Waals surface area contributed by atoms with E-state index >= 15 is 0 Å². The number of fused-ring (bicyclic) bond motifs is 1. The number of hydrogen-bond acceptors (Lipinski definition) is 3. The number of aromatic nitrogens is 2. The quantitative estimate of drug-likeness (QED) is 0.534. The summed E-state index contributed by atoms with van der Waals surface area (Å²) in [5.41, 5.74) is -1.16. The van der Waals surface area contributed by atoms with Gasteiger partial charge >= 0.3 is 6.18 Å². The molecule has 0 atom stereocenters. The van der Waals surface area contributed by atoms with Crippen molar-refractivity contribution >= 4 is 22.4 Å². The number of alkyl halides is 3. The lowest BCUT2D eigenvalue weighted by molar-refractivity contribution is -0.137. The number of nitrogens with zero attached hydrogens (tertiary/aromatic N) is 2. The first-order chi connectivity index (χ1) is 14.3. The highest BCUT2D eigenvalue weighted by Crippen LogP contribution is 2.30. The van der Waals surface area contributed by atoms with Crippen molar-refractivity contribution in [1.82, 2.24) is 9.78 Å². The molecule has 0 saturated carbocycles. The molecule has 0 aliphatic rings. The van der Waals surface area contributed by atoms with E-state index in [0.29, 0.717) is 17.3 Å². The summed E-state index contributed by atoms with van der Waals surface area (Å²) in [5, 5.41) is 7.41. The summed E-state index contributed by atoms with van der Waals surface area (Å²) in [6, 6.07) is 11.0. The maximum absolute atomic E-state index is 12.9. The van der Waals surface area contributed by atoms with Crippen LogP contribution in [0, 0.1) is 0 Å². The topological polar surface area (TPSA) is 64.0 Å². The third kappa shape index (κ3) is 4.87.